The lowest BCUT2D eigenvalue weighted by molar-refractivity contribution is -0.137. The Morgan fingerprint density at radius 3 is 2.53 bits per heavy atom. The van der Waals surface area contributed by atoms with Crippen molar-refractivity contribution in [3.8, 4) is 0 Å². The summed E-state index contributed by atoms with van der Waals surface area (Å²) in [7, 11) is 0. The smallest absolute Gasteiger partial charge is 0.416 e. The van der Waals surface area contributed by atoms with Crippen LogP contribution >= 0.6 is 0 Å². The van der Waals surface area contributed by atoms with Crippen LogP contribution in [0.5, 0.6) is 0 Å². The van der Waals surface area contributed by atoms with E-state index < -0.39 is 17.7 Å². The van der Waals surface area contributed by atoms with Gasteiger partial charge in [-0.15, -0.1) is 0 Å². The summed E-state index contributed by atoms with van der Waals surface area (Å²) >= 11 is 0. The van der Waals surface area contributed by atoms with Crippen molar-refractivity contribution < 1.29 is 23.1 Å². The molecule has 3 nitrogen and oxygen atoms in total. The third-order valence-electron chi connectivity index (χ3n) is 2.32. The third-order valence-corrected chi connectivity index (χ3v) is 2.32. The molecule has 0 atom stereocenters. The summed E-state index contributed by atoms with van der Waals surface area (Å²) in [6.07, 6.45) is -2.14. The number of benzene rings is 1. The lowest BCUT2D eigenvalue weighted by Crippen LogP contribution is -2.05. The first-order chi connectivity index (χ1) is 7.89. The highest BCUT2D eigenvalue weighted by molar-refractivity contribution is 6.03. The molecule has 0 saturated carbocycles. The number of fused-ring (bicyclic) bond motifs is 1. The molecular formula is C11H6F3NO2. The van der Waals surface area contributed by atoms with Crippen LogP contribution in [-0.2, 0) is 6.18 Å². The minimum absolute atomic E-state index is 0.0299. The molecule has 0 saturated heterocycles. The van der Waals surface area contributed by atoms with Crippen LogP contribution in [0.4, 0.5) is 13.2 Å². The number of hydrogen-bond donors (Lipinski definition) is 1. The Kier molecular flexibility index (Phi) is 2.49. The van der Waals surface area contributed by atoms with Crippen molar-refractivity contribution in [2.24, 2.45) is 0 Å². The second kappa shape index (κ2) is 3.73. The Morgan fingerprint density at radius 2 is 1.94 bits per heavy atom. The summed E-state index contributed by atoms with van der Waals surface area (Å²) in [5.41, 5.74) is -1.12. The summed E-state index contributed by atoms with van der Waals surface area (Å²) in [4.78, 5) is 14.5. The molecule has 0 bridgehead atoms. The number of alkyl halides is 3. The monoisotopic (exact) mass is 241 g/mol. The lowest BCUT2D eigenvalue weighted by Gasteiger charge is -2.08. The Balaban J connectivity index is 2.75. The Morgan fingerprint density at radius 1 is 1.24 bits per heavy atom. The fourth-order valence-corrected chi connectivity index (χ4v) is 1.51. The standard InChI is InChI=1S/C11H6F3NO2/c12-11(13,14)7-2-1-6-4-15-5-9(10(16)17)8(6)3-7/h1-5H,(H,16,17). The molecule has 0 aliphatic carbocycles. The quantitative estimate of drug-likeness (QED) is 0.835. The second-order valence-electron chi connectivity index (χ2n) is 3.43. The SMILES string of the molecule is O=C(O)c1cncc2ccc(C(F)(F)F)cc12. The molecule has 0 aliphatic rings. The zero-order valence-corrected chi connectivity index (χ0v) is 8.32. The third kappa shape index (κ3) is 2.06. The Bertz CT molecular complexity index is 593. The van der Waals surface area contributed by atoms with Crippen molar-refractivity contribution in [3.05, 3.63) is 41.7 Å². The highest BCUT2D eigenvalue weighted by Gasteiger charge is 2.30. The number of carboxylic acid groups (broad SMARTS) is 1. The van der Waals surface area contributed by atoms with E-state index in [-0.39, 0.29) is 10.9 Å². The molecule has 2 rings (SSSR count). The summed E-state index contributed by atoms with van der Waals surface area (Å²) in [5, 5.41) is 9.24. The van der Waals surface area contributed by atoms with Gasteiger partial charge in [0, 0.05) is 17.8 Å². The highest BCUT2D eigenvalue weighted by Crippen LogP contribution is 2.32. The fourth-order valence-electron chi connectivity index (χ4n) is 1.51. The molecule has 2 aromatic rings. The molecule has 1 N–H and O–H groups in total. The zero-order chi connectivity index (χ0) is 12.6. The molecule has 1 heterocycles. The van der Waals surface area contributed by atoms with Crippen molar-refractivity contribution >= 4 is 16.7 Å². The molecule has 0 aliphatic heterocycles. The molecule has 88 valence electrons. The van der Waals surface area contributed by atoms with Crippen LogP contribution in [0.15, 0.2) is 30.6 Å². The normalized spacial score (nSPS) is 11.7. The van der Waals surface area contributed by atoms with Gasteiger partial charge in [0.15, 0.2) is 0 Å². The van der Waals surface area contributed by atoms with Gasteiger partial charge in [-0.25, -0.2) is 4.79 Å². The van der Waals surface area contributed by atoms with Crippen molar-refractivity contribution in [3.63, 3.8) is 0 Å². The van der Waals surface area contributed by atoms with E-state index in [2.05, 4.69) is 4.98 Å². The Hall–Kier alpha value is -2.11. The lowest BCUT2D eigenvalue weighted by atomic mass is 10.0. The van der Waals surface area contributed by atoms with Gasteiger partial charge in [-0.3, -0.25) is 4.98 Å². The minimum Gasteiger partial charge on any atom is -0.478 e. The summed E-state index contributed by atoms with van der Waals surface area (Å²) in [5.74, 6) is -1.30. The van der Waals surface area contributed by atoms with E-state index in [0.717, 1.165) is 18.3 Å². The number of rotatable bonds is 1. The molecular weight excluding hydrogens is 235 g/mol. The van der Waals surface area contributed by atoms with Gasteiger partial charge in [0.25, 0.3) is 0 Å². The number of hydrogen-bond acceptors (Lipinski definition) is 2. The summed E-state index contributed by atoms with van der Waals surface area (Å²) < 4.78 is 37.5. The van der Waals surface area contributed by atoms with Crippen molar-refractivity contribution in [2.75, 3.05) is 0 Å². The molecule has 0 amide bonds. The van der Waals surface area contributed by atoms with Gasteiger partial charge < -0.3 is 5.11 Å². The maximum absolute atomic E-state index is 12.5. The number of aromatic nitrogens is 1. The first-order valence-electron chi connectivity index (χ1n) is 4.58. The van der Waals surface area contributed by atoms with Crippen molar-refractivity contribution in [2.45, 2.75) is 6.18 Å². The molecule has 6 heteroatoms. The molecule has 1 aromatic carbocycles. The van der Waals surface area contributed by atoms with Gasteiger partial charge in [-0.05, 0) is 17.5 Å². The number of carboxylic acids is 1. The Labute approximate surface area is 93.5 Å². The van der Waals surface area contributed by atoms with Gasteiger partial charge in [-0.1, -0.05) is 6.07 Å². The van der Waals surface area contributed by atoms with Crippen LogP contribution in [0, 0.1) is 0 Å². The molecule has 17 heavy (non-hydrogen) atoms. The van der Waals surface area contributed by atoms with E-state index in [4.69, 9.17) is 5.11 Å². The van der Waals surface area contributed by atoms with Crippen LogP contribution in [0.3, 0.4) is 0 Å². The molecule has 1 aromatic heterocycles. The largest absolute Gasteiger partial charge is 0.478 e. The maximum Gasteiger partial charge on any atom is 0.416 e. The van der Waals surface area contributed by atoms with Crippen molar-refractivity contribution in [1.82, 2.24) is 4.98 Å². The van der Waals surface area contributed by atoms with Gasteiger partial charge in [-0.2, -0.15) is 13.2 Å². The first-order valence-corrected chi connectivity index (χ1v) is 4.58. The fraction of sp³-hybridized carbons (Fsp3) is 0.0909. The average Bonchev–Trinajstić information content (AvgIpc) is 2.26. The maximum atomic E-state index is 12.5. The topological polar surface area (TPSA) is 50.2 Å². The second-order valence-corrected chi connectivity index (χ2v) is 3.43. The van der Waals surface area contributed by atoms with Crippen LogP contribution in [0.1, 0.15) is 15.9 Å². The van der Waals surface area contributed by atoms with E-state index in [1.54, 1.807) is 0 Å². The molecule has 0 unspecified atom stereocenters. The predicted molar refractivity (Wildman–Crippen MR) is 53.7 cm³/mol. The van der Waals surface area contributed by atoms with Gasteiger partial charge in [0.1, 0.15) is 0 Å². The predicted octanol–water partition coefficient (Wildman–Crippen LogP) is 2.95. The minimum atomic E-state index is -4.49. The van der Waals surface area contributed by atoms with Gasteiger partial charge in [0.05, 0.1) is 11.1 Å². The van der Waals surface area contributed by atoms with Crippen molar-refractivity contribution in [1.29, 1.82) is 0 Å². The number of pyridine rings is 1. The van der Waals surface area contributed by atoms with Gasteiger partial charge >= 0.3 is 12.1 Å². The molecule has 0 radical (unpaired) electrons. The highest BCUT2D eigenvalue weighted by atomic mass is 19.4. The molecule has 0 fully saturated rings. The number of carbonyl (C=O) groups is 1. The van der Waals surface area contributed by atoms with Crippen LogP contribution in [0.2, 0.25) is 0 Å². The van der Waals surface area contributed by atoms with E-state index in [9.17, 15) is 18.0 Å². The van der Waals surface area contributed by atoms with E-state index in [0.29, 0.717) is 5.39 Å². The van der Waals surface area contributed by atoms with Crippen LogP contribution in [0.25, 0.3) is 10.8 Å². The molecule has 0 spiro atoms. The summed E-state index contributed by atoms with van der Waals surface area (Å²) in [6, 6.07) is 2.92. The number of nitrogens with zero attached hydrogens (tertiary/aromatic N) is 1. The van der Waals surface area contributed by atoms with E-state index >= 15 is 0 Å². The van der Waals surface area contributed by atoms with E-state index in [1.807, 2.05) is 0 Å². The van der Waals surface area contributed by atoms with Gasteiger partial charge in [0.2, 0.25) is 0 Å². The number of halogens is 3. The summed E-state index contributed by atoms with van der Waals surface area (Å²) in [6.45, 7) is 0. The van der Waals surface area contributed by atoms with E-state index in [1.165, 1.54) is 12.3 Å². The van der Waals surface area contributed by atoms with Crippen LogP contribution in [-0.4, -0.2) is 16.1 Å². The number of aromatic carboxylic acids is 1. The average molecular weight is 241 g/mol. The zero-order valence-electron chi connectivity index (χ0n) is 8.32. The van der Waals surface area contributed by atoms with Crippen LogP contribution < -0.4 is 0 Å². The first kappa shape index (κ1) is 11.4.